The van der Waals surface area contributed by atoms with Crippen molar-refractivity contribution in [2.75, 3.05) is 0 Å². The topological polar surface area (TPSA) is 57.2 Å². The van der Waals surface area contributed by atoms with E-state index in [1.165, 1.54) is 64.2 Å². The molecule has 0 bridgehead atoms. The first-order valence-electron chi connectivity index (χ1n) is 10.7. The third-order valence-corrected chi connectivity index (χ3v) is 5.04. The average Bonchev–Trinajstić information content (AvgIpc) is 2.55. The molecular formula is C22H41NaO3. The molecule has 0 rings (SSSR count). The van der Waals surface area contributed by atoms with E-state index in [-0.39, 0.29) is 35.3 Å². The molecule has 4 heteroatoms. The molecule has 0 heterocycles. The van der Waals surface area contributed by atoms with Gasteiger partial charge in [0, 0.05) is 6.42 Å². The predicted octanol–water partition coefficient (Wildman–Crippen LogP) is 2.45. The third kappa shape index (κ3) is 17.5. The fourth-order valence-electron chi connectivity index (χ4n) is 3.32. The number of carbonyl (C=O) groups excluding carboxylic acids is 2. The summed E-state index contributed by atoms with van der Waals surface area (Å²) < 4.78 is 0. The molecule has 0 aliphatic heterocycles. The van der Waals surface area contributed by atoms with E-state index >= 15 is 0 Å². The molecule has 0 aliphatic carbocycles. The number of carbonyl (C=O) groups is 2. The predicted molar refractivity (Wildman–Crippen MR) is 103 cm³/mol. The van der Waals surface area contributed by atoms with Gasteiger partial charge in [0.25, 0.3) is 0 Å². The molecule has 148 valence electrons. The van der Waals surface area contributed by atoms with Crippen molar-refractivity contribution < 1.29 is 44.3 Å². The van der Waals surface area contributed by atoms with E-state index in [4.69, 9.17) is 0 Å². The van der Waals surface area contributed by atoms with Crippen LogP contribution in [0.3, 0.4) is 0 Å². The maximum Gasteiger partial charge on any atom is 1.00 e. The molecular weight excluding hydrogens is 335 g/mol. The van der Waals surface area contributed by atoms with E-state index in [1.54, 1.807) is 6.92 Å². The monoisotopic (exact) mass is 376 g/mol. The number of rotatable bonds is 18. The van der Waals surface area contributed by atoms with Crippen molar-refractivity contribution in [3.8, 4) is 0 Å². The van der Waals surface area contributed by atoms with Crippen molar-refractivity contribution in [3.05, 3.63) is 0 Å². The molecule has 0 amide bonds. The molecule has 0 aromatic carbocycles. The van der Waals surface area contributed by atoms with Crippen LogP contribution in [0.5, 0.6) is 0 Å². The normalized spacial score (nSPS) is 12.0. The van der Waals surface area contributed by atoms with Crippen molar-refractivity contribution in [2.45, 2.75) is 117 Å². The van der Waals surface area contributed by atoms with Gasteiger partial charge in [-0.3, -0.25) is 4.79 Å². The van der Waals surface area contributed by atoms with Gasteiger partial charge in [-0.1, -0.05) is 97.8 Å². The Labute approximate surface area is 184 Å². The number of ketones is 1. The number of Topliss-reactive ketones (excluding diaryl/α,β-unsaturated/α-hetero) is 1. The van der Waals surface area contributed by atoms with Gasteiger partial charge in [-0.05, 0) is 18.8 Å². The largest absolute Gasteiger partial charge is 1.00 e. The quantitative estimate of drug-likeness (QED) is 0.210. The SMILES string of the molecule is CCC(C(=O)[O-])C(=O)CCCCCCCCCCCCCCC(C)C.[Na+]. The molecule has 0 aliphatic rings. The first-order chi connectivity index (χ1) is 12.0. The van der Waals surface area contributed by atoms with Gasteiger partial charge in [-0.2, -0.15) is 0 Å². The molecule has 1 unspecified atom stereocenters. The van der Waals surface area contributed by atoms with Gasteiger partial charge in [0.15, 0.2) is 0 Å². The van der Waals surface area contributed by atoms with Crippen LogP contribution in [0, 0.1) is 11.8 Å². The maximum absolute atomic E-state index is 11.7. The standard InChI is InChI=1S/C22H42O3.Na/c1-4-20(22(24)25)21(23)18-16-14-12-10-8-6-5-7-9-11-13-15-17-19(2)3;/h19-20H,4-18H2,1-3H3,(H,24,25);/q;+1/p-1. The zero-order chi connectivity index (χ0) is 18.9. The van der Waals surface area contributed by atoms with Crippen LogP contribution in [0.15, 0.2) is 0 Å². The van der Waals surface area contributed by atoms with Crippen LogP contribution < -0.4 is 34.7 Å². The summed E-state index contributed by atoms with van der Waals surface area (Å²) in [6.07, 6.45) is 17.3. The molecule has 0 saturated carbocycles. The van der Waals surface area contributed by atoms with Crippen LogP contribution in [0.2, 0.25) is 0 Å². The Hall–Kier alpha value is 0.140. The van der Waals surface area contributed by atoms with Crippen molar-refractivity contribution in [3.63, 3.8) is 0 Å². The molecule has 0 N–H and O–H groups in total. The van der Waals surface area contributed by atoms with Crippen molar-refractivity contribution in [2.24, 2.45) is 11.8 Å². The van der Waals surface area contributed by atoms with Gasteiger partial charge in [0.05, 0.1) is 11.9 Å². The summed E-state index contributed by atoms with van der Waals surface area (Å²) in [5, 5.41) is 10.8. The zero-order valence-corrected chi connectivity index (χ0v) is 20.0. The van der Waals surface area contributed by atoms with Crippen molar-refractivity contribution >= 4 is 11.8 Å². The molecule has 0 radical (unpaired) electrons. The summed E-state index contributed by atoms with van der Waals surface area (Å²) in [7, 11) is 0. The van der Waals surface area contributed by atoms with Crippen LogP contribution in [0.4, 0.5) is 0 Å². The summed E-state index contributed by atoms with van der Waals surface area (Å²) >= 11 is 0. The maximum atomic E-state index is 11.7. The summed E-state index contributed by atoms with van der Waals surface area (Å²) in [6, 6.07) is 0. The second kappa shape index (κ2) is 19.9. The van der Waals surface area contributed by atoms with Crippen molar-refractivity contribution in [1.29, 1.82) is 0 Å². The van der Waals surface area contributed by atoms with Crippen molar-refractivity contribution in [1.82, 2.24) is 0 Å². The van der Waals surface area contributed by atoms with Gasteiger partial charge in [0.1, 0.15) is 5.78 Å². The third-order valence-electron chi connectivity index (χ3n) is 5.04. The van der Waals surface area contributed by atoms with E-state index in [1.807, 2.05) is 0 Å². The molecule has 0 saturated heterocycles. The van der Waals surface area contributed by atoms with E-state index in [9.17, 15) is 14.7 Å². The Morgan fingerprint density at radius 1 is 0.731 bits per heavy atom. The second-order valence-electron chi connectivity index (χ2n) is 7.92. The molecule has 1 atom stereocenters. The minimum atomic E-state index is -1.22. The molecule has 0 aromatic heterocycles. The molecule has 3 nitrogen and oxygen atoms in total. The molecule has 0 fully saturated rings. The Bertz CT molecular complexity index is 342. The summed E-state index contributed by atoms with van der Waals surface area (Å²) in [5.41, 5.74) is 0. The smallest absolute Gasteiger partial charge is 0.549 e. The average molecular weight is 377 g/mol. The molecule has 0 spiro atoms. The van der Waals surface area contributed by atoms with Crippen LogP contribution in [-0.2, 0) is 9.59 Å². The summed E-state index contributed by atoms with van der Waals surface area (Å²) in [6.45, 7) is 6.32. The Kier molecular flexibility index (Phi) is 21.7. The first-order valence-corrected chi connectivity index (χ1v) is 10.7. The van der Waals surface area contributed by atoms with Gasteiger partial charge < -0.3 is 9.90 Å². The molecule has 0 aromatic rings. The fourth-order valence-corrected chi connectivity index (χ4v) is 3.32. The Balaban J connectivity index is 0. The summed E-state index contributed by atoms with van der Waals surface area (Å²) in [5.74, 6) is -1.42. The van der Waals surface area contributed by atoms with Gasteiger partial charge in [-0.15, -0.1) is 0 Å². The van der Waals surface area contributed by atoms with Gasteiger partial charge in [-0.25, -0.2) is 0 Å². The van der Waals surface area contributed by atoms with Gasteiger partial charge in [0.2, 0.25) is 0 Å². The number of hydrogen-bond donors (Lipinski definition) is 0. The number of carboxylic acids is 1. The van der Waals surface area contributed by atoms with Crippen LogP contribution in [0.25, 0.3) is 0 Å². The Morgan fingerprint density at radius 2 is 1.12 bits per heavy atom. The van der Waals surface area contributed by atoms with Crippen LogP contribution >= 0.6 is 0 Å². The second-order valence-corrected chi connectivity index (χ2v) is 7.92. The van der Waals surface area contributed by atoms with E-state index in [2.05, 4.69) is 13.8 Å². The van der Waals surface area contributed by atoms with Gasteiger partial charge >= 0.3 is 29.6 Å². The minimum Gasteiger partial charge on any atom is -0.549 e. The number of hydrogen-bond acceptors (Lipinski definition) is 3. The first kappa shape index (κ1) is 28.4. The van der Waals surface area contributed by atoms with Crippen LogP contribution in [0.1, 0.15) is 117 Å². The van der Waals surface area contributed by atoms with E-state index in [0.717, 1.165) is 25.2 Å². The van der Waals surface area contributed by atoms with E-state index < -0.39 is 11.9 Å². The molecule has 26 heavy (non-hydrogen) atoms. The fraction of sp³-hybridized carbons (Fsp3) is 0.909. The number of aliphatic carboxylic acids is 1. The number of unbranched alkanes of at least 4 members (excludes halogenated alkanes) is 11. The minimum absolute atomic E-state index is 0. The zero-order valence-electron chi connectivity index (χ0n) is 18.0. The van der Waals surface area contributed by atoms with E-state index in [0.29, 0.717) is 12.8 Å². The Morgan fingerprint density at radius 3 is 1.46 bits per heavy atom. The number of carboxylic acid groups (broad SMARTS) is 1. The van der Waals surface area contributed by atoms with Crippen LogP contribution in [-0.4, -0.2) is 11.8 Å². The summed E-state index contributed by atoms with van der Waals surface area (Å²) in [4.78, 5) is 22.5.